The maximum absolute atomic E-state index is 5.41. The van der Waals surface area contributed by atoms with Gasteiger partial charge in [0.1, 0.15) is 5.75 Å². The molecule has 100 valence electrons. The van der Waals surface area contributed by atoms with E-state index in [4.69, 9.17) is 9.47 Å². The van der Waals surface area contributed by atoms with Crippen LogP contribution in [-0.4, -0.2) is 44.9 Å². The van der Waals surface area contributed by atoms with Gasteiger partial charge in [0.05, 0.1) is 20.3 Å². The molecule has 0 saturated carbocycles. The topological polar surface area (TPSA) is 21.7 Å². The van der Waals surface area contributed by atoms with Gasteiger partial charge in [-0.15, -0.1) is 0 Å². The molecule has 3 nitrogen and oxygen atoms in total. The highest BCUT2D eigenvalue weighted by molar-refractivity contribution is 9.10. The second-order valence-corrected chi connectivity index (χ2v) is 5.43. The number of methoxy groups -OCH3 is 1. The molecule has 0 atom stereocenters. The molecule has 0 radical (unpaired) electrons. The Morgan fingerprint density at radius 2 is 2.11 bits per heavy atom. The zero-order chi connectivity index (χ0) is 12.8. The summed E-state index contributed by atoms with van der Waals surface area (Å²) in [5.74, 6) is 0.978. The smallest absolute Gasteiger partial charge is 0.123 e. The minimum atomic E-state index is 0.877. The van der Waals surface area contributed by atoms with Crippen LogP contribution in [0.4, 0.5) is 0 Å². The fourth-order valence-corrected chi connectivity index (χ4v) is 2.58. The van der Waals surface area contributed by atoms with Crippen molar-refractivity contribution in [2.75, 3.05) is 40.0 Å². The van der Waals surface area contributed by atoms with E-state index in [-0.39, 0.29) is 0 Å². The molecule has 1 heterocycles. The number of aryl methyl sites for hydroxylation is 1. The minimum absolute atomic E-state index is 0.877. The third-order valence-electron chi connectivity index (χ3n) is 3.27. The molecule has 1 fully saturated rings. The van der Waals surface area contributed by atoms with E-state index in [1.807, 2.05) is 6.07 Å². The van der Waals surface area contributed by atoms with Gasteiger partial charge in [-0.2, -0.15) is 0 Å². The fourth-order valence-electron chi connectivity index (χ4n) is 2.24. The van der Waals surface area contributed by atoms with Crippen LogP contribution in [0.5, 0.6) is 5.75 Å². The van der Waals surface area contributed by atoms with Crippen LogP contribution in [0.1, 0.15) is 12.0 Å². The molecule has 1 aliphatic heterocycles. The second-order valence-electron chi connectivity index (χ2n) is 4.51. The molecular weight excluding hydrogens is 294 g/mol. The van der Waals surface area contributed by atoms with E-state index in [9.17, 15) is 0 Å². The minimum Gasteiger partial charge on any atom is -0.496 e. The Morgan fingerprint density at radius 1 is 1.33 bits per heavy atom. The maximum atomic E-state index is 5.41. The zero-order valence-corrected chi connectivity index (χ0v) is 12.4. The molecule has 0 spiro atoms. The summed E-state index contributed by atoms with van der Waals surface area (Å²) in [6, 6.07) is 6.25. The molecule has 4 heteroatoms. The highest BCUT2D eigenvalue weighted by Gasteiger charge is 2.10. The van der Waals surface area contributed by atoms with Crippen LogP contribution in [0, 0.1) is 0 Å². The Hall–Kier alpha value is -0.580. The van der Waals surface area contributed by atoms with E-state index in [2.05, 4.69) is 33.0 Å². The molecule has 0 N–H and O–H groups in total. The molecule has 1 aliphatic rings. The van der Waals surface area contributed by atoms with Crippen LogP contribution >= 0.6 is 15.9 Å². The molecule has 0 aliphatic carbocycles. The quantitative estimate of drug-likeness (QED) is 0.834. The number of rotatable bonds is 5. The molecule has 1 aromatic rings. The summed E-state index contributed by atoms with van der Waals surface area (Å²) in [6.45, 7) is 5.03. The summed E-state index contributed by atoms with van der Waals surface area (Å²) >= 11 is 3.47. The van der Waals surface area contributed by atoms with E-state index in [1.165, 1.54) is 5.56 Å². The summed E-state index contributed by atoms with van der Waals surface area (Å²) in [7, 11) is 1.73. The van der Waals surface area contributed by atoms with Gasteiger partial charge in [0.25, 0.3) is 0 Å². The average molecular weight is 314 g/mol. The molecule has 1 saturated heterocycles. The monoisotopic (exact) mass is 313 g/mol. The van der Waals surface area contributed by atoms with Crippen molar-refractivity contribution in [3.05, 3.63) is 28.2 Å². The van der Waals surface area contributed by atoms with Gasteiger partial charge in [-0.05, 0) is 37.1 Å². The highest BCUT2D eigenvalue weighted by atomic mass is 79.9. The van der Waals surface area contributed by atoms with Crippen molar-refractivity contribution in [3.8, 4) is 5.75 Å². The van der Waals surface area contributed by atoms with Gasteiger partial charge >= 0.3 is 0 Å². The highest BCUT2D eigenvalue weighted by Crippen LogP contribution is 2.24. The van der Waals surface area contributed by atoms with Crippen molar-refractivity contribution in [3.63, 3.8) is 0 Å². The van der Waals surface area contributed by atoms with E-state index in [1.54, 1.807) is 7.11 Å². The van der Waals surface area contributed by atoms with Crippen LogP contribution < -0.4 is 4.74 Å². The van der Waals surface area contributed by atoms with Crippen molar-refractivity contribution in [2.24, 2.45) is 0 Å². The number of halogens is 1. The number of ether oxygens (including phenoxy) is 2. The van der Waals surface area contributed by atoms with Crippen LogP contribution in [0.2, 0.25) is 0 Å². The van der Waals surface area contributed by atoms with E-state index >= 15 is 0 Å². The summed E-state index contributed by atoms with van der Waals surface area (Å²) in [4.78, 5) is 2.47. The predicted molar refractivity (Wildman–Crippen MR) is 76.3 cm³/mol. The molecule has 2 rings (SSSR count). The summed E-state index contributed by atoms with van der Waals surface area (Å²) < 4.78 is 11.8. The van der Waals surface area contributed by atoms with Crippen molar-refractivity contribution in [2.45, 2.75) is 12.8 Å². The molecule has 0 amide bonds. The van der Waals surface area contributed by atoms with E-state index in [0.717, 1.165) is 55.9 Å². The van der Waals surface area contributed by atoms with Crippen LogP contribution in [0.15, 0.2) is 22.7 Å². The first-order valence-corrected chi connectivity index (χ1v) is 7.21. The Bertz CT molecular complexity index is 378. The normalized spacial score (nSPS) is 16.8. The van der Waals surface area contributed by atoms with E-state index in [0.29, 0.717) is 0 Å². The predicted octanol–water partition coefficient (Wildman–Crippen LogP) is 2.72. The fraction of sp³-hybridized carbons (Fsp3) is 0.571. The van der Waals surface area contributed by atoms with Crippen LogP contribution in [0.3, 0.4) is 0 Å². The summed E-state index contributed by atoms with van der Waals surface area (Å²) in [6.07, 6.45) is 2.23. The summed E-state index contributed by atoms with van der Waals surface area (Å²) in [5, 5.41) is 0. The lowest BCUT2D eigenvalue weighted by Gasteiger charge is -2.26. The van der Waals surface area contributed by atoms with Gasteiger partial charge in [-0.1, -0.05) is 22.0 Å². The first kappa shape index (κ1) is 13.8. The number of nitrogens with zero attached hydrogens (tertiary/aromatic N) is 1. The Morgan fingerprint density at radius 3 is 2.83 bits per heavy atom. The third-order valence-corrected chi connectivity index (χ3v) is 3.77. The Labute approximate surface area is 117 Å². The van der Waals surface area contributed by atoms with E-state index < -0.39 is 0 Å². The molecule has 18 heavy (non-hydrogen) atoms. The largest absolute Gasteiger partial charge is 0.496 e. The van der Waals surface area contributed by atoms with Crippen molar-refractivity contribution in [1.29, 1.82) is 0 Å². The molecule has 0 unspecified atom stereocenters. The number of hydrogen-bond acceptors (Lipinski definition) is 3. The molecule has 0 bridgehead atoms. The van der Waals surface area contributed by atoms with Gasteiger partial charge in [-0.3, -0.25) is 4.90 Å². The first-order chi connectivity index (χ1) is 8.79. The third kappa shape index (κ3) is 3.97. The maximum Gasteiger partial charge on any atom is 0.123 e. The number of benzene rings is 1. The van der Waals surface area contributed by atoms with Gasteiger partial charge in [-0.25, -0.2) is 0 Å². The molecule has 1 aromatic carbocycles. The SMILES string of the molecule is COc1cc(Br)ccc1CCCN1CCOCC1. The standard InChI is InChI=1S/C14H20BrNO2/c1-17-14-11-13(15)5-4-12(14)3-2-6-16-7-9-18-10-8-16/h4-5,11H,2-3,6-10H2,1H3. The second kappa shape index (κ2) is 7.12. The summed E-state index contributed by atoms with van der Waals surface area (Å²) in [5.41, 5.74) is 1.29. The Kier molecular flexibility index (Phi) is 5.47. The zero-order valence-electron chi connectivity index (χ0n) is 10.8. The van der Waals surface area contributed by atoms with Crippen LogP contribution in [0.25, 0.3) is 0 Å². The molecule has 0 aromatic heterocycles. The lowest BCUT2D eigenvalue weighted by Crippen LogP contribution is -2.36. The number of morpholine rings is 1. The molecular formula is C14H20BrNO2. The first-order valence-electron chi connectivity index (χ1n) is 6.42. The lowest BCUT2D eigenvalue weighted by molar-refractivity contribution is 0.0374. The van der Waals surface area contributed by atoms with Crippen LogP contribution in [-0.2, 0) is 11.2 Å². The van der Waals surface area contributed by atoms with Crippen molar-refractivity contribution >= 4 is 15.9 Å². The Balaban J connectivity index is 1.82. The van der Waals surface area contributed by atoms with Gasteiger partial charge in [0.15, 0.2) is 0 Å². The van der Waals surface area contributed by atoms with Gasteiger partial charge < -0.3 is 9.47 Å². The number of hydrogen-bond donors (Lipinski definition) is 0. The average Bonchev–Trinajstić information content (AvgIpc) is 2.41. The van der Waals surface area contributed by atoms with Gasteiger partial charge in [0.2, 0.25) is 0 Å². The van der Waals surface area contributed by atoms with Crippen molar-refractivity contribution in [1.82, 2.24) is 4.90 Å². The van der Waals surface area contributed by atoms with Crippen molar-refractivity contribution < 1.29 is 9.47 Å². The van der Waals surface area contributed by atoms with Gasteiger partial charge in [0, 0.05) is 17.6 Å². The lowest BCUT2D eigenvalue weighted by atomic mass is 10.1.